The summed E-state index contributed by atoms with van der Waals surface area (Å²) in [5, 5.41) is 15.9. The number of primary amides is 1. The molecule has 0 aliphatic carbocycles. The largest absolute Gasteiger partial charge is 0.480 e. The first-order valence-electron chi connectivity index (χ1n) is 10.2. The van der Waals surface area contributed by atoms with Crippen molar-refractivity contribution < 1.29 is 43.3 Å². The van der Waals surface area contributed by atoms with Gasteiger partial charge in [0.15, 0.2) is 0 Å². The minimum Gasteiger partial charge on any atom is -0.480 e. The van der Waals surface area contributed by atoms with E-state index in [9.17, 15) is 24.0 Å². The number of hydrogen-bond acceptors (Lipinski definition) is 8. The Kier molecular flexibility index (Phi) is 16.3. The zero-order chi connectivity index (χ0) is 24.4. The number of nitrogens with two attached hydrogens (primary N) is 1. The van der Waals surface area contributed by atoms with Crippen LogP contribution in [0.15, 0.2) is 0 Å². The molecule has 13 heteroatoms. The average molecular weight is 463 g/mol. The number of ether oxygens (including phenoxy) is 3. The van der Waals surface area contributed by atoms with E-state index in [1.165, 1.54) is 0 Å². The van der Waals surface area contributed by atoms with Crippen LogP contribution in [-0.2, 0) is 38.2 Å². The molecule has 0 aliphatic heterocycles. The number of aliphatic carboxylic acids is 1. The summed E-state index contributed by atoms with van der Waals surface area (Å²) in [6.45, 7) is 3.77. The molecule has 1 unspecified atom stereocenters. The molecule has 13 nitrogen and oxygen atoms in total. The van der Waals surface area contributed by atoms with Crippen molar-refractivity contribution in [3.63, 3.8) is 0 Å². The average Bonchev–Trinajstić information content (AvgIpc) is 2.71. The van der Waals surface area contributed by atoms with Crippen LogP contribution in [0.3, 0.4) is 0 Å². The van der Waals surface area contributed by atoms with Crippen molar-refractivity contribution in [3.05, 3.63) is 0 Å². The van der Waals surface area contributed by atoms with Crippen molar-refractivity contribution in [2.45, 2.75) is 32.7 Å². The van der Waals surface area contributed by atoms with Gasteiger partial charge in [-0.2, -0.15) is 0 Å². The summed E-state index contributed by atoms with van der Waals surface area (Å²) >= 11 is 0. The van der Waals surface area contributed by atoms with Crippen LogP contribution in [0, 0.1) is 5.92 Å². The number of nitrogens with one attached hydrogen (secondary N) is 3. The van der Waals surface area contributed by atoms with Crippen LogP contribution in [0.1, 0.15) is 26.7 Å². The second-order valence-electron chi connectivity index (χ2n) is 7.15. The highest BCUT2D eigenvalue weighted by atomic mass is 16.5. The van der Waals surface area contributed by atoms with Crippen molar-refractivity contribution in [3.8, 4) is 0 Å². The van der Waals surface area contributed by atoms with Crippen molar-refractivity contribution >= 4 is 29.6 Å². The van der Waals surface area contributed by atoms with Crippen molar-refractivity contribution in [2.75, 3.05) is 52.7 Å². The molecule has 184 valence electrons. The molecule has 0 saturated heterocycles. The normalized spacial score (nSPS) is 11.6. The van der Waals surface area contributed by atoms with Crippen LogP contribution in [0.4, 0.5) is 0 Å². The van der Waals surface area contributed by atoms with Crippen LogP contribution in [0.2, 0.25) is 0 Å². The van der Waals surface area contributed by atoms with Gasteiger partial charge in [0, 0.05) is 13.0 Å². The molecule has 0 aliphatic rings. The highest BCUT2D eigenvalue weighted by molar-refractivity contribution is 5.90. The highest BCUT2D eigenvalue weighted by Gasteiger charge is 2.21. The minimum atomic E-state index is -1.07. The van der Waals surface area contributed by atoms with Crippen LogP contribution in [-0.4, -0.2) is 93.5 Å². The molecule has 0 saturated carbocycles. The zero-order valence-electron chi connectivity index (χ0n) is 18.5. The molecule has 0 bridgehead atoms. The molecule has 0 aromatic heterocycles. The first-order valence-corrected chi connectivity index (χ1v) is 10.2. The summed E-state index contributed by atoms with van der Waals surface area (Å²) in [4.78, 5) is 57.2. The number of carboxylic acid groups (broad SMARTS) is 1. The molecule has 0 radical (unpaired) electrons. The maximum Gasteiger partial charge on any atom is 0.329 e. The molecular weight excluding hydrogens is 428 g/mol. The predicted octanol–water partition coefficient (Wildman–Crippen LogP) is -2.24. The first kappa shape index (κ1) is 29.2. The number of carboxylic acids is 1. The maximum atomic E-state index is 12.2. The third-order valence-electron chi connectivity index (χ3n) is 3.66. The maximum absolute atomic E-state index is 12.2. The number of rotatable bonds is 19. The summed E-state index contributed by atoms with van der Waals surface area (Å²) in [6, 6.07) is -0.946. The summed E-state index contributed by atoms with van der Waals surface area (Å²) in [7, 11) is 0. The lowest BCUT2D eigenvalue weighted by Crippen LogP contribution is -2.50. The van der Waals surface area contributed by atoms with Crippen molar-refractivity contribution in [1.29, 1.82) is 0 Å². The standard InChI is InChI=1S/C19H34N4O9/c1-13(2)9-22-19(29)14(3-4-15(20)24)23-16(25)10-21-17(26)11-31-7-5-30-6-8-32-12-18(27)28/h13-14H,3-12H2,1-2H3,(H2,20,24)(H,21,26)(H,22,29)(H,23,25)(H,27,28). The van der Waals surface area contributed by atoms with Gasteiger partial charge in [-0.15, -0.1) is 0 Å². The molecule has 0 spiro atoms. The number of carbonyl (C=O) groups excluding carboxylic acids is 4. The van der Waals surface area contributed by atoms with Gasteiger partial charge in [0.1, 0.15) is 19.3 Å². The predicted molar refractivity (Wildman–Crippen MR) is 111 cm³/mol. The Morgan fingerprint density at radius 2 is 1.47 bits per heavy atom. The van der Waals surface area contributed by atoms with Crippen LogP contribution in [0.5, 0.6) is 0 Å². The first-order chi connectivity index (χ1) is 15.1. The summed E-state index contributed by atoms with van der Waals surface area (Å²) < 4.78 is 15.0. The van der Waals surface area contributed by atoms with Crippen LogP contribution in [0.25, 0.3) is 0 Å². The van der Waals surface area contributed by atoms with Crippen molar-refractivity contribution in [2.24, 2.45) is 11.7 Å². The fourth-order valence-corrected chi connectivity index (χ4v) is 2.12. The summed E-state index contributed by atoms with van der Waals surface area (Å²) in [5.41, 5.74) is 5.11. The van der Waals surface area contributed by atoms with E-state index in [0.29, 0.717) is 6.54 Å². The molecule has 4 amide bonds. The lowest BCUT2D eigenvalue weighted by Gasteiger charge is -2.19. The molecule has 1 atom stereocenters. The Balaban J connectivity index is 4.07. The van der Waals surface area contributed by atoms with Gasteiger partial charge in [-0.05, 0) is 12.3 Å². The van der Waals surface area contributed by atoms with E-state index < -0.39 is 42.2 Å². The molecule has 0 rings (SSSR count). The lowest BCUT2D eigenvalue weighted by molar-refractivity contribution is -0.142. The number of carbonyl (C=O) groups is 5. The summed E-state index contributed by atoms with van der Waals surface area (Å²) in [5.74, 6) is -3.02. The molecular formula is C19H34N4O9. The van der Waals surface area contributed by atoms with Gasteiger partial charge >= 0.3 is 5.97 Å². The van der Waals surface area contributed by atoms with E-state index in [2.05, 4.69) is 16.0 Å². The minimum absolute atomic E-state index is 0.0450. The van der Waals surface area contributed by atoms with Gasteiger partial charge in [0.2, 0.25) is 23.6 Å². The number of hydrogen-bond donors (Lipinski definition) is 5. The van der Waals surface area contributed by atoms with E-state index in [1.807, 2.05) is 13.8 Å². The third kappa shape index (κ3) is 18.0. The van der Waals surface area contributed by atoms with Gasteiger partial charge < -0.3 is 41.0 Å². The number of amides is 4. The Hall–Kier alpha value is -2.77. The van der Waals surface area contributed by atoms with Gasteiger partial charge in [-0.25, -0.2) is 4.79 Å². The quantitative estimate of drug-likeness (QED) is 0.132. The smallest absolute Gasteiger partial charge is 0.329 e. The zero-order valence-corrected chi connectivity index (χ0v) is 18.5. The topological polar surface area (TPSA) is 195 Å². The summed E-state index contributed by atoms with van der Waals surface area (Å²) in [6.07, 6.45) is -0.0304. The molecule has 0 aromatic rings. The van der Waals surface area contributed by atoms with E-state index in [4.69, 9.17) is 25.1 Å². The van der Waals surface area contributed by atoms with Crippen LogP contribution < -0.4 is 21.7 Å². The molecule has 6 N–H and O–H groups in total. The fourth-order valence-electron chi connectivity index (χ4n) is 2.12. The SMILES string of the molecule is CC(C)CNC(=O)C(CCC(N)=O)NC(=O)CNC(=O)COCCOCCOCC(=O)O. The third-order valence-corrected chi connectivity index (χ3v) is 3.66. The highest BCUT2D eigenvalue weighted by Crippen LogP contribution is 1.99. The van der Waals surface area contributed by atoms with E-state index in [-0.39, 0.29) is 58.3 Å². The van der Waals surface area contributed by atoms with Gasteiger partial charge in [0.05, 0.1) is 33.0 Å². The second-order valence-corrected chi connectivity index (χ2v) is 7.15. The molecule has 0 heterocycles. The van der Waals surface area contributed by atoms with Crippen LogP contribution >= 0.6 is 0 Å². The Bertz CT molecular complexity index is 614. The molecule has 0 aromatic carbocycles. The van der Waals surface area contributed by atoms with E-state index in [1.54, 1.807) is 0 Å². The van der Waals surface area contributed by atoms with Gasteiger partial charge in [-0.3, -0.25) is 19.2 Å². The van der Waals surface area contributed by atoms with Gasteiger partial charge in [0.25, 0.3) is 0 Å². The van der Waals surface area contributed by atoms with Crippen molar-refractivity contribution in [1.82, 2.24) is 16.0 Å². The monoisotopic (exact) mass is 462 g/mol. The van der Waals surface area contributed by atoms with E-state index >= 15 is 0 Å². The Morgan fingerprint density at radius 3 is 2.03 bits per heavy atom. The fraction of sp³-hybridized carbons (Fsp3) is 0.737. The Labute approximate surface area is 186 Å². The lowest BCUT2D eigenvalue weighted by atomic mass is 10.1. The molecule has 32 heavy (non-hydrogen) atoms. The second kappa shape index (κ2) is 17.9. The van der Waals surface area contributed by atoms with E-state index in [0.717, 1.165) is 0 Å². The molecule has 0 fully saturated rings. The van der Waals surface area contributed by atoms with Gasteiger partial charge in [-0.1, -0.05) is 13.8 Å². The Morgan fingerprint density at radius 1 is 0.875 bits per heavy atom.